The molecular weight excluding hydrogens is 372 g/mol. The predicted molar refractivity (Wildman–Crippen MR) is 108 cm³/mol. The summed E-state index contributed by atoms with van der Waals surface area (Å²) in [4.78, 5) is 26.3. The Morgan fingerprint density at radius 2 is 1.90 bits per heavy atom. The van der Waals surface area contributed by atoms with Crippen molar-refractivity contribution in [1.29, 1.82) is 0 Å². The first kappa shape index (κ1) is 22.4. The van der Waals surface area contributed by atoms with Gasteiger partial charge in [0.25, 0.3) is 11.8 Å². The van der Waals surface area contributed by atoms with Gasteiger partial charge in [0.05, 0.1) is 19.8 Å². The van der Waals surface area contributed by atoms with E-state index in [9.17, 15) is 9.59 Å². The van der Waals surface area contributed by atoms with Crippen molar-refractivity contribution >= 4 is 11.8 Å². The molecule has 0 saturated carbocycles. The molecular formula is C21H26N4O4. The summed E-state index contributed by atoms with van der Waals surface area (Å²) in [6, 6.07) is 5.48. The van der Waals surface area contributed by atoms with Crippen LogP contribution in [0.25, 0.3) is 0 Å². The van der Waals surface area contributed by atoms with Crippen molar-refractivity contribution in [3.63, 3.8) is 0 Å². The molecule has 0 unspecified atom stereocenters. The number of amides is 2. The molecule has 0 aliphatic carbocycles. The minimum absolute atomic E-state index is 0.342. The molecule has 1 heterocycles. The summed E-state index contributed by atoms with van der Waals surface area (Å²) >= 11 is 0. The van der Waals surface area contributed by atoms with Gasteiger partial charge in [-0.2, -0.15) is 0 Å². The third-order valence-corrected chi connectivity index (χ3v) is 4.30. The van der Waals surface area contributed by atoms with Crippen LogP contribution in [0.2, 0.25) is 0 Å². The third kappa shape index (κ3) is 7.22. The molecule has 1 aliphatic rings. The van der Waals surface area contributed by atoms with E-state index < -0.39 is 23.4 Å². The Balaban J connectivity index is 1.94. The Morgan fingerprint density at radius 3 is 2.48 bits per heavy atom. The molecule has 1 aromatic rings. The van der Waals surface area contributed by atoms with Crippen molar-refractivity contribution in [3.8, 4) is 23.7 Å². The molecule has 2 rings (SSSR count). The number of carbonyl (C=O) groups is 2. The van der Waals surface area contributed by atoms with Crippen LogP contribution < -0.4 is 16.5 Å². The number of nitrogens with one attached hydrogen (secondary N) is 2. The number of morpholine rings is 1. The lowest BCUT2D eigenvalue weighted by molar-refractivity contribution is -0.132. The number of carbonyl (C=O) groups excluding carboxylic acids is 2. The molecule has 1 saturated heterocycles. The Bertz CT molecular complexity index is 832. The number of hydroxylamine groups is 1. The van der Waals surface area contributed by atoms with Crippen LogP contribution in [0.4, 0.5) is 0 Å². The zero-order valence-electron chi connectivity index (χ0n) is 16.6. The maximum absolute atomic E-state index is 12.4. The molecule has 0 bridgehead atoms. The summed E-state index contributed by atoms with van der Waals surface area (Å²) in [5, 5.41) is 11.4. The zero-order valence-corrected chi connectivity index (χ0v) is 16.6. The predicted octanol–water partition coefficient (Wildman–Crippen LogP) is -0.285. The SMILES string of the molecule is CC(C)(N)[C@H](NC(=O)c1ccc(C#CC#CCN2CCOCC2)cc1)C(=O)NO. The number of hydrogen-bond acceptors (Lipinski definition) is 6. The fraction of sp³-hybridized carbons (Fsp3) is 0.429. The van der Waals surface area contributed by atoms with Crippen molar-refractivity contribution in [2.75, 3.05) is 32.8 Å². The standard InChI is InChI=1S/C21H26N4O4/c1-21(2,22)18(20(27)24-28)23-19(26)17-9-7-16(8-10-17)6-4-3-5-11-25-12-14-29-15-13-25/h7-10,18,28H,11-15,22H2,1-2H3,(H,23,26)(H,24,27)/t18-/m1/s1. The van der Waals surface area contributed by atoms with Crippen LogP contribution in [-0.4, -0.2) is 66.4 Å². The lowest BCUT2D eigenvalue weighted by Gasteiger charge is -2.29. The Labute approximate surface area is 170 Å². The average molecular weight is 398 g/mol. The molecule has 154 valence electrons. The lowest BCUT2D eigenvalue weighted by atomic mass is 9.95. The number of nitrogens with two attached hydrogens (primary N) is 1. The van der Waals surface area contributed by atoms with E-state index in [4.69, 9.17) is 15.7 Å². The fourth-order valence-corrected chi connectivity index (χ4v) is 2.63. The zero-order chi connectivity index (χ0) is 21.3. The van der Waals surface area contributed by atoms with Crippen molar-refractivity contribution in [2.45, 2.75) is 25.4 Å². The van der Waals surface area contributed by atoms with Crippen LogP contribution in [-0.2, 0) is 9.53 Å². The highest BCUT2D eigenvalue weighted by Gasteiger charge is 2.33. The normalized spacial score (nSPS) is 15.2. The van der Waals surface area contributed by atoms with E-state index in [1.54, 1.807) is 38.1 Å². The number of hydrogen-bond donors (Lipinski definition) is 4. The number of ether oxygens (including phenoxy) is 1. The molecule has 8 heteroatoms. The molecule has 1 atom stereocenters. The van der Waals surface area contributed by atoms with Gasteiger partial charge in [0.15, 0.2) is 0 Å². The molecule has 0 aromatic heterocycles. The summed E-state index contributed by atoms with van der Waals surface area (Å²) in [5.41, 5.74) is 7.42. The second kappa shape index (κ2) is 10.6. The van der Waals surface area contributed by atoms with Gasteiger partial charge in [-0.1, -0.05) is 11.8 Å². The molecule has 29 heavy (non-hydrogen) atoms. The summed E-state index contributed by atoms with van der Waals surface area (Å²) in [6.07, 6.45) is 0. The fourth-order valence-electron chi connectivity index (χ4n) is 2.63. The largest absolute Gasteiger partial charge is 0.379 e. The van der Waals surface area contributed by atoms with Gasteiger partial charge >= 0.3 is 0 Å². The van der Waals surface area contributed by atoms with E-state index in [1.807, 2.05) is 0 Å². The van der Waals surface area contributed by atoms with E-state index in [2.05, 4.69) is 33.9 Å². The Kier molecular flexibility index (Phi) is 8.20. The summed E-state index contributed by atoms with van der Waals surface area (Å²) in [5.74, 6) is 10.3. The van der Waals surface area contributed by atoms with Crippen LogP contribution >= 0.6 is 0 Å². The molecule has 5 N–H and O–H groups in total. The third-order valence-electron chi connectivity index (χ3n) is 4.30. The first-order valence-corrected chi connectivity index (χ1v) is 9.24. The number of benzene rings is 1. The summed E-state index contributed by atoms with van der Waals surface area (Å²) < 4.78 is 5.28. The Morgan fingerprint density at radius 1 is 1.24 bits per heavy atom. The highest BCUT2D eigenvalue weighted by atomic mass is 16.5. The van der Waals surface area contributed by atoms with Crippen LogP contribution in [0.3, 0.4) is 0 Å². The molecule has 2 amide bonds. The molecule has 0 radical (unpaired) electrons. The summed E-state index contributed by atoms with van der Waals surface area (Å²) in [6.45, 7) is 7.06. The number of nitrogens with zero attached hydrogens (tertiary/aromatic N) is 1. The van der Waals surface area contributed by atoms with Gasteiger partial charge < -0.3 is 15.8 Å². The average Bonchev–Trinajstić information content (AvgIpc) is 2.71. The topological polar surface area (TPSA) is 117 Å². The van der Waals surface area contributed by atoms with Gasteiger partial charge in [-0.15, -0.1) is 0 Å². The minimum atomic E-state index is -1.10. The first-order valence-electron chi connectivity index (χ1n) is 9.24. The van der Waals surface area contributed by atoms with Crippen LogP contribution in [0.1, 0.15) is 29.8 Å². The molecule has 1 aliphatic heterocycles. The maximum Gasteiger partial charge on any atom is 0.267 e. The highest BCUT2D eigenvalue weighted by Crippen LogP contribution is 2.09. The molecule has 8 nitrogen and oxygen atoms in total. The smallest absolute Gasteiger partial charge is 0.267 e. The van der Waals surface area contributed by atoms with Gasteiger partial charge in [0.2, 0.25) is 0 Å². The van der Waals surface area contributed by atoms with Crippen molar-refractivity contribution in [3.05, 3.63) is 35.4 Å². The monoisotopic (exact) mass is 398 g/mol. The first-order chi connectivity index (χ1) is 13.8. The maximum atomic E-state index is 12.4. The summed E-state index contributed by atoms with van der Waals surface area (Å²) in [7, 11) is 0. The Hall–Kier alpha value is -2.88. The van der Waals surface area contributed by atoms with Gasteiger partial charge in [-0.3, -0.25) is 19.7 Å². The van der Waals surface area contributed by atoms with Gasteiger partial charge in [0, 0.05) is 29.8 Å². The van der Waals surface area contributed by atoms with Crippen molar-refractivity contribution < 1.29 is 19.5 Å². The van der Waals surface area contributed by atoms with Crippen molar-refractivity contribution in [2.24, 2.45) is 5.73 Å². The van der Waals surface area contributed by atoms with E-state index in [0.717, 1.165) is 26.3 Å². The second-order valence-corrected chi connectivity index (χ2v) is 7.22. The molecule has 0 spiro atoms. The molecule has 1 aromatic carbocycles. The van der Waals surface area contributed by atoms with Crippen molar-refractivity contribution in [1.82, 2.24) is 15.7 Å². The van der Waals surface area contributed by atoms with Crippen LogP contribution in [0, 0.1) is 23.7 Å². The second-order valence-electron chi connectivity index (χ2n) is 7.22. The minimum Gasteiger partial charge on any atom is -0.379 e. The van der Waals surface area contributed by atoms with E-state index in [-0.39, 0.29) is 0 Å². The molecule has 1 fully saturated rings. The van der Waals surface area contributed by atoms with E-state index >= 15 is 0 Å². The van der Waals surface area contributed by atoms with Gasteiger partial charge in [-0.05, 0) is 50.0 Å². The van der Waals surface area contributed by atoms with E-state index in [1.165, 1.54) is 5.48 Å². The quantitative estimate of drug-likeness (QED) is 0.308. The highest BCUT2D eigenvalue weighted by molar-refractivity contribution is 5.97. The van der Waals surface area contributed by atoms with E-state index in [0.29, 0.717) is 17.7 Å². The van der Waals surface area contributed by atoms with Gasteiger partial charge in [-0.25, -0.2) is 5.48 Å². The number of rotatable bonds is 5. The van der Waals surface area contributed by atoms with Gasteiger partial charge in [0.1, 0.15) is 6.04 Å². The van der Waals surface area contributed by atoms with Crippen LogP contribution in [0.5, 0.6) is 0 Å². The van der Waals surface area contributed by atoms with Crippen LogP contribution in [0.15, 0.2) is 24.3 Å². The lowest BCUT2D eigenvalue weighted by Crippen LogP contribution is -2.61.